The molecule has 0 saturated carbocycles. The molecular formula is C15H20ClN2O2+. The van der Waals surface area contributed by atoms with Crippen LogP contribution in [0.3, 0.4) is 0 Å². The summed E-state index contributed by atoms with van der Waals surface area (Å²) in [5, 5.41) is 3.56. The largest absolute Gasteiger partial charge is 0.370 e. The topological polar surface area (TPSA) is 42.8 Å². The Hall–Kier alpha value is -1.36. The Morgan fingerprint density at radius 1 is 1.40 bits per heavy atom. The lowest BCUT2D eigenvalue weighted by Gasteiger charge is -2.23. The Bertz CT molecular complexity index is 471. The number of benzene rings is 1. The van der Waals surface area contributed by atoms with E-state index in [0.29, 0.717) is 11.6 Å². The van der Waals surface area contributed by atoms with Crippen LogP contribution >= 0.6 is 11.6 Å². The molecule has 5 heteroatoms. The van der Waals surface area contributed by atoms with Crippen molar-refractivity contribution in [3.05, 3.63) is 40.9 Å². The third kappa shape index (κ3) is 5.33. The van der Waals surface area contributed by atoms with E-state index in [1.54, 1.807) is 12.2 Å². The van der Waals surface area contributed by atoms with Gasteiger partial charge in [-0.2, -0.15) is 0 Å². The summed E-state index contributed by atoms with van der Waals surface area (Å²) >= 11 is 5.88. The van der Waals surface area contributed by atoms with Crippen molar-refractivity contribution in [2.45, 2.75) is 0 Å². The quantitative estimate of drug-likeness (QED) is 0.772. The van der Waals surface area contributed by atoms with Crippen molar-refractivity contribution in [3.8, 4) is 0 Å². The lowest BCUT2D eigenvalue weighted by atomic mass is 10.2. The molecule has 0 atom stereocenters. The highest BCUT2D eigenvalue weighted by atomic mass is 35.5. The van der Waals surface area contributed by atoms with Crippen LogP contribution in [0.25, 0.3) is 6.08 Å². The number of ether oxygens (including phenoxy) is 1. The lowest BCUT2D eigenvalue weighted by molar-refractivity contribution is -0.906. The summed E-state index contributed by atoms with van der Waals surface area (Å²) in [6, 6.07) is 7.41. The van der Waals surface area contributed by atoms with E-state index in [1.165, 1.54) is 4.90 Å². The van der Waals surface area contributed by atoms with Gasteiger partial charge in [-0.1, -0.05) is 23.7 Å². The highest BCUT2D eigenvalue weighted by Crippen LogP contribution is 2.11. The first-order valence-electron chi connectivity index (χ1n) is 6.87. The second-order valence-electron chi connectivity index (χ2n) is 4.79. The minimum absolute atomic E-state index is 0.0716. The van der Waals surface area contributed by atoms with Crippen LogP contribution in [0.1, 0.15) is 5.56 Å². The van der Waals surface area contributed by atoms with Crippen LogP contribution in [0.15, 0.2) is 30.3 Å². The van der Waals surface area contributed by atoms with Crippen LogP contribution in [-0.2, 0) is 9.53 Å². The molecule has 1 heterocycles. The maximum Gasteiger partial charge on any atom is 0.244 e. The number of amides is 1. The summed E-state index contributed by atoms with van der Waals surface area (Å²) in [5.41, 5.74) is 0.923. The van der Waals surface area contributed by atoms with Crippen LogP contribution in [0.5, 0.6) is 0 Å². The van der Waals surface area contributed by atoms with Crippen molar-refractivity contribution >= 4 is 23.6 Å². The Kier molecular flexibility index (Phi) is 6.05. The van der Waals surface area contributed by atoms with Gasteiger partial charge in [0.1, 0.15) is 13.1 Å². The van der Waals surface area contributed by atoms with Gasteiger partial charge in [-0.05, 0) is 23.8 Å². The van der Waals surface area contributed by atoms with Crippen LogP contribution in [0.2, 0.25) is 5.02 Å². The second-order valence-corrected chi connectivity index (χ2v) is 5.23. The van der Waals surface area contributed by atoms with Gasteiger partial charge in [-0.15, -0.1) is 0 Å². The van der Waals surface area contributed by atoms with Crippen molar-refractivity contribution < 1.29 is 14.4 Å². The molecule has 20 heavy (non-hydrogen) atoms. The molecule has 1 aromatic carbocycles. The number of carbonyl (C=O) groups excluding carboxylic acids is 1. The molecule has 1 aliphatic heterocycles. The number of rotatable bonds is 5. The van der Waals surface area contributed by atoms with Crippen LogP contribution in [-0.4, -0.2) is 45.3 Å². The van der Waals surface area contributed by atoms with E-state index < -0.39 is 0 Å². The van der Waals surface area contributed by atoms with Gasteiger partial charge in [0.2, 0.25) is 5.91 Å². The highest BCUT2D eigenvalue weighted by molar-refractivity contribution is 6.30. The van der Waals surface area contributed by atoms with Gasteiger partial charge in [-0.25, -0.2) is 0 Å². The number of morpholine rings is 1. The molecule has 0 aromatic heterocycles. The van der Waals surface area contributed by atoms with Crippen LogP contribution in [0, 0.1) is 0 Å². The Balaban J connectivity index is 1.69. The number of hydrogen-bond acceptors (Lipinski definition) is 2. The molecule has 0 unspecified atom stereocenters. The van der Waals surface area contributed by atoms with Gasteiger partial charge in [0.15, 0.2) is 0 Å². The fourth-order valence-electron chi connectivity index (χ4n) is 2.11. The van der Waals surface area contributed by atoms with Gasteiger partial charge < -0.3 is 15.0 Å². The van der Waals surface area contributed by atoms with E-state index in [0.717, 1.165) is 38.4 Å². The number of carbonyl (C=O) groups is 1. The number of nitrogens with one attached hydrogen (secondary N) is 2. The molecule has 4 nitrogen and oxygen atoms in total. The van der Waals surface area contributed by atoms with E-state index in [4.69, 9.17) is 16.3 Å². The monoisotopic (exact) mass is 295 g/mol. The molecule has 1 aromatic rings. The first-order chi connectivity index (χ1) is 9.74. The van der Waals surface area contributed by atoms with Crippen LogP contribution < -0.4 is 10.2 Å². The molecule has 1 amide bonds. The standard InChI is InChI=1S/C15H19ClN2O2/c16-14-3-1-2-13(12-14)4-5-15(19)17-6-7-18-8-10-20-11-9-18/h1-5,12H,6-11H2,(H,17,19)/p+1. The summed E-state index contributed by atoms with van der Waals surface area (Å²) < 4.78 is 5.29. The molecule has 0 spiro atoms. The maximum atomic E-state index is 11.7. The number of quaternary nitrogens is 1. The van der Waals surface area contributed by atoms with Gasteiger partial charge in [0.25, 0.3) is 0 Å². The normalized spacial score (nSPS) is 16.4. The Labute approximate surface area is 124 Å². The summed E-state index contributed by atoms with van der Waals surface area (Å²) in [6.45, 7) is 5.31. The molecule has 2 N–H and O–H groups in total. The van der Waals surface area contributed by atoms with Crippen LogP contribution in [0.4, 0.5) is 0 Å². The minimum atomic E-state index is -0.0716. The van der Waals surface area contributed by atoms with E-state index in [1.807, 2.05) is 24.3 Å². The average molecular weight is 296 g/mol. The van der Waals surface area contributed by atoms with Crippen molar-refractivity contribution in [1.29, 1.82) is 0 Å². The zero-order valence-electron chi connectivity index (χ0n) is 11.4. The molecule has 0 bridgehead atoms. The summed E-state index contributed by atoms with van der Waals surface area (Å²) in [4.78, 5) is 13.2. The average Bonchev–Trinajstić information content (AvgIpc) is 2.46. The second kappa shape index (κ2) is 8.04. The van der Waals surface area contributed by atoms with Crippen molar-refractivity contribution in [2.75, 3.05) is 39.4 Å². The van der Waals surface area contributed by atoms with Crippen molar-refractivity contribution in [2.24, 2.45) is 0 Å². The predicted molar refractivity (Wildman–Crippen MR) is 79.9 cm³/mol. The van der Waals surface area contributed by atoms with E-state index in [-0.39, 0.29) is 5.91 Å². The fraction of sp³-hybridized carbons (Fsp3) is 0.400. The lowest BCUT2D eigenvalue weighted by Crippen LogP contribution is -3.14. The maximum absolute atomic E-state index is 11.7. The minimum Gasteiger partial charge on any atom is -0.370 e. The SMILES string of the molecule is O=C(C=Cc1cccc(Cl)c1)NCC[NH+]1CCOCC1. The van der Waals surface area contributed by atoms with Crippen molar-refractivity contribution in [3.63, 3.8) is 0 Å². The molecule has 0 aliphatic carbocycles. The molecule has 2 rings (SSSR count). The first-order valence-corrected chi connectivity index (χ1v) is 7.24. The number of halogens is 1. The first kappa shape index (κ1) is 15.0. The summed E-state index contributed by atoms with van der Waals surface area (Å²) in [5.74, 6) is -0.0716. The predicted octanol–water partition coefficient (Wildman–Crippen LogP) is 0.385. The zero-order valence-corrected chi connectivity index (χ0v) is 12.2. The highest BCUT2D eigenvalue weighted by Gasteiger charge is 2.12. The molecule has 1 fully saturated rings. The summed E-state index contributed by atoms with van der Waals surface area (Å²) in [7, 11) is 0. The molecular weight excluding hydrogens is 276 g/mol. The van der Waals surface area contributed by atoms with Gasteiger partial charge in [-0.3, -0.25) is 4.79 Å². The molecule has 1 saturated heterocycles. The van der Waals surface area contributed by atoms with Gasteiger partial charge in [0.05, 0.1) is 26.3 Å². The number of hydrogen-bond donors (Lipinski definition) is 2. The molecule has 0 radical (unpaired) electrons. The van der Waals surface area contributed by atoms with E-state index in [9.17, 15) is 4.79 Å². The third-order valence-corrected chi connectivity index (χ3v) is 3.49. The molecule has 108 valence electrons. The van der Waals surface area contributed by atoms with E-state index in [2.05, 4.69) is 5.32 Å². The Morgan fingerprint density at radius 2 is 2.20 bits per heavy atom. The zero-order chi connectivity index (χ0) is 14.2. The van der Waals surface area contributed by atoms with Crippen molar-refractivity contribution in [1.82, 2.24) is 5.32 Å². The Morgan fingerprint density at radius 3 is 2.95 bits per heavy atom. The van der Waals surface area contributed by atoms with E-state index >= 15 is 0 Å². The molecule has 1 aliphatic rings. The van der Waals surface area contributed by atoms with Gasteiger partial charge >= 0.3 is 0 Å². The smallest absolute Gasteiger partial charge is 0.244 e. The van der Waals surface area contributed by atoms with Gasteiger partial charge in [0, 0.05) is 11.1 Å². The third-order valence-electron chi connectivity index (χ3n) is 3.25. The summed E-state index contributed by atoms with van der Waals surface area (Å²) in [6.07, 6.45) is 3.31. The fourth-order valence-corrected chi connectivity index (χ4v) is 2.31.